The van der Waals surface area contributed by atoms with E-state index in [9.17, 15) is 4.79 Å². The summed E-state index contributed by atoms with van der Waals surface area (Å²) in [7, 11) is 2.22. The highest BCUT2D eigenvalue weighted by molar-refractivity contribution is 7.98. The molecule has 4 nitrogen and oxygen atoms in total. The molecular formula is C16H23N3OS. The van der Waals surface area contributed by atoms with Gasteiger partial charge in [0.25, 0.3) is 0 Å². The summed E-state index contributed by atoms with van der Waals surface area (Å²) in [5.41, 5.74) is 0.887. The number of para-hydroxylation sites is 1. The molecule has 1 aromatic rings. The Morgan fingerprint density at radius 3 is 2.57 bits per heavy atom. The van der Waals surface area contributed by atoms with Crippen molar-refractivity contribution in [2.75, 3.05) is 18.6 Å². The summed E-state index contributed by atoms with van der Waals surface area (Å²) in [5, 5.41) is 6.14. The molecule has 114 valence electrons. The Kier molecular flexibility index (Phi) is 4.40. The molecule has 3 rings (SSSR count). The van der Waals surface area contributed by atoms with Crippen LogP contribution in [0.5, 0.6) is 0 Å². The van der Waals surface area contributed by atoms with Crippen LogP contribution < -0.4 is 10.6 Å². The van der Waals surface area contributed by atoms with E-state index in [1.165, 1.54) is 12.8 Å². The third kappa shape index (κ3) is 3.19. The van der Waals surface area contributed by atoms with Gasteiger partial charge in [-0.2, -0.15) is 0 Å². The number of nitrogens with one attached hydrogen (secondary N) is 2. The number of hydrogen-bond acceptors (Lipinski definition) is 3. The highest BCUT2D eigenvalue weighted by Crippen LogP contribution is 2.34. The fourth-order valence-electron chi connectivity index (χ4n) is 3.62. The maximum absolute atomic E-state index is 12.2. The molecule has 2 atom stereocenters. The van der Waals surface area contributed by atoms with Crippen LogP contribution in [0.25, 0.3) is 0 Å². The predicted molar refractivity (Wildman–Crippen MR) is 88.0 cm³/mol. The fourth-order valence-corrected chi connectivity index (χ4v) is 4.17. The molecule has 2 aliphatic rings. The van der Waals surface area contributed by atoms with Gasteiger partial charge < -0.3 is 15.5 Å². The molecule has 2 unspecified atom stereocenters. The minimum Gasteiger partial charge on any atom is -0.335 e. The SMILES string of the molecule is CSc1ccccc1NC(=O)NC1CC2CCC(C1)N2C. The smallest absolute Gasteiger partial charge is 0.319 e. The van der Waals surface area contributed by atoms with Crippen LogP contribution in [0.2, 0.25) is 0 Å². The van der Waals surface area contributed by atoms with Gasteiger partial charge in [0.15, 0.2) is 0 Å². The number of carbonyl (C=O) groups is 1. The molecule has 0 saturated carbocycles. The van der Waals surface area contributed by atoms with Crippen molar-refractivity contribution in [2.45, 2.75) is 48.7 Å². The Bertz CT molecular complexity index is 508. The summed E-state index contributed by atoms with van der Waals surface area (Å²) < 4.78 is 0. The third-order valence-electron chi connectivity index (χ3n) is 4.79. The Hall–Kier alpha value is -1.20. The molecule has 2 fully saturated rings. The van der Waals surface area contributed by atoms with Crippen LogP contribution in [0.15, 0.2) is 29.2 Å². The summed E-state index contributed by atoms with van der Waals surface area (Å²) in [5.74, 6) is 0. The summed E-state index contributed by atoms with van der Waals surface area (Å²) in [6.45, 7) is 0. The zero-order chi connectivity index (χ0) is 14.8. The number of fused-ring (bicyclic) bond motifs is 2. The van der Waals surface area contributed by atoms with Gasteiger partial charge in [0, 0.05) is 23.0 Å². The summed E-state index contributed by atoms with van der Waals surface area (Å²) in [6.07, 6.45) is 6.72. The molecule has 21 heavy (non-hydrogen) atoms. The van der Waals surface area contributed by atoms with Crippen LogP contribution in [0.4, 0.5) is 10.5 Å². The maximum Gasteiger partial charge on any atom is 0.319 e. The van der Waals surface area contributed by atoms with Crippen molar-refractivity contribution in [1.29, 1.82) is 0 Å². The number of hydrogen-bond donors (Lipinski definition) is 2. The number of rotatable bonds is 3. The largest absolute Gasteiger partial charge is 0.335 e. The molecule has 2 N–H and O–H groups in total. The number of nitrogens with zero attached hydrogens (tertiary/aromatic N) is 1. The van der Waals surface area contributed by atoms with Crippen LogP contribution in [0, 0.1) is 0 Å². The normalized spacial score (nSPS) is 28.4. The van der Waals surface area contributed by atoms with E-state index >= 15 is 0 Å². The van der Waals surface area contributed by atoms with E-state index in [0.29, 0.717) is 18.1 Å². The van der Waals surface area contributed by atoms with Crippen molar-refractivity contribution >= 4 is 23.5 Å². The topological polar surface area (TPSA) is 44.4 Å². The van der Waals surface area contributed by atoms with Crippen LogP contribution in [-0.2, 0) is 0 Å². The Labute approximate surface area is 130 Å². The van der Waals surface area contributed by atoms with Gasteiger partial charge >= 0.3 is 6.03 Å². The number of anilines is 1. The van der Waals surface area contributed by atoms with Crippen LogP contribution >= 0.6 is 11.8 Å². The number of urea groups is 1. The molecule has 2 amide bonds. The highest BCUT2D eigenvalue weighted by Gasteiger charge is 2.38. The monoisotopic (exact) mass is 305 g/mol. The van der Waals surface area contributed by atoms with Gasteiger partial charge in [-0.1, -0.05) is 12.1 Å². The lowest BCUT2D eigenvalue weighted by Crippen LogP contribution is -2.49. The molecule has 5 heteroatoms. The third-order valence-corrected chi connectivity index (χ3v) is 5.58. The molecule has 2 aliphatic heterocycles. The van der Waals surface area contributed by atoms with Gasteiger partial charge in [-0.15, -0.1) is 11.8 Å². The average molecular weight is 305 g/mol. The molecule has 1 aromatic carbocycles. The van der Waals surface area contributed by atoms with Gasteiger partial charge in [0.1, 0.15) is 0 Å². The lowest BCUT2D eigenvalue weighted by atomic mass is 9.98. The van der Waals surface area contributed by atoms with Crippen molar-refractivity contribution < 1.29 is 4.79 Å². The second-order valence-electron chi connectivity index (χ2n) is 6.02. The zero-order valence-electron chi connectivity index (χ0n) is 12.6. The number of benzene rings is 1. The van der Waals surface area contributed by atoms with E-state index < -0.39 is 0 Å². The quantitative estimate of drug-likeness (QED) is 0.843. The highest BCUT2D eigenvalue weighted by atomic mass is 32.2. The summed E-state index contributed by atoms with van der Waals surface area (Å²) in [6, 6.07) is 9.43. The Balaban J connectivity index is 1.57. The Morgan fingerprint density at radius 2 is 1.90 bits per heavy atom. The minimum atomic E-state index is -0.0783. The van der Waals surface area contributed by atoms with Gasteiger partial charge in [-0.05, 0) is 51.1 Å². The van der Waals surface area contributed by atoms with E-state index in [1.54, 1.807) is 11.8 Å². The zero-order valence-corrected chi connectivity index (χ0v) is 13.5. The van der Waals surface area contributed by atoms with Gasteiger partial charge in [-0.25, -0.2) is 4.79 Å². The Morgan fingerprint density at radius 1 is 1.24 bits per heavy atom. The predicted octanol–water partition coefficient (Wildman–Crippen LogP) is 3.16. The lowest BCUT2D eigenvalue weighted by Gasteiger charge is -2.36. The van der Waals surface area contributed by atoms with Crippen molar-refractivity contribution in [2.24, 2.45) is 0 Å². The van der Waals surface area contributed by atoms with Crippen molar-refractivity contribution in [1.82, 2.24) is 10.2 Å². The minimum absolute atomic E-state index is 0.0783. The molecule has 2 heterocycles. The lowest BCUT2D eigenvalue weighted by molar-refractivity contribution is 0.151. The molecule has 2 bridgehead atoms. The van der Waals surface area contributed by atoms with Crippen LogP contribution in [0.1, 0.15) is 25.7 Å². The number of piperidine rings is 1. The number of carbonyl (C=O) groups excluding carboxylic acids is 1. The molecule has 2 saturated heterocycles. The van der Waals surface area contributed by atoms with E-state index in [-0.39, 0.29) is 6.03 Å². The van der Waals surface area contributed by atoms with Crippen molar-refractivity contribution in [3.05, 3.63) is 24.3 Å². The first kappa shape index (κ1) is 14.7. The van der Waals surface area contributed by atoms with E-state index in [0.717, 1.165) is 23.4 Å². The number of amides is 2. The number of thioether (sulfide) groups is 1. The molecule has 0 spiro atoms. The molecule has 0 aromatic heterocycles. The molecule has 0 radical (unpaired) electrons. The van der Waals surface area contributed by atoms with Gasteiger partial charge in [-0.3, -0.25) is 0 Å². The summed E-state index contributed by atoms with van der Waals surface area (Å²) in [4.78, 5) is 15.8. The second-order valence-corrected chi connectivity index (χ2v) is 6.87. The van der Waals surface area contributed by atoms with Gasteiger partial charge in [0.2, 0.25) is 0 Å². The maximum atomic E-state index is 12.2. The van der Waals surface area contributed by atoms with E-state index in [4.69, 9.17) is 0 Å². The summed E-state index contributed by atoms with van der Waals surface area (Å²) >= 11 is 1.65. The fraction of sp³-hybridized carbons (Fsp3) is 0.562. The first-order valence-corrected chi connectivity index (χ1v) is 8.82. The first-order valence-electron chi connectivity index (χ1n) is 7.60. The van der Waals surface area contributed by atoms with Crippen LogP contribution in [-0.4, -0.2) is 42.4 Å². The first-order chi connectivity index (χ1) is 10.2. The van der Waals surface area contributed by atoms with Gasteiger partial charge in [0.05, 0.1) is 5.69 Å². The van der Waals surface area contributed by atoms with Crippen molar-refractivity contribution in [3.8, 4) is 0 Å². The van der Waals surface area contributed by atoms with E-state index in [2.05, 4.69) is 22.6 Å². The molecule has 0 aliphatic carbocycles. The second kappa shape index (κ2) is 6.28. The van der Waals surface area contributed by atoms with Crippen molar-refractivity contribution in [3.63, 3.8) is 0 Å². The average Bonchev–Trinajstić information content (AvgIpc) is 2.70. The van der Waals surface area contributed by atoms with Crippen LogP contribution in [0.3, 0.4) is 0 Å². The van der Waals surface area contributed by atoms with E-state index in [1.807, 2.05) is 30.5 Å². The molecular weight excluding hydrogens is 282 g/mol. The standard InChI is InChI=1S/C16H23N3OS/c1-19-12-7-8-13(19)10-11(9-12)17-16(20)18-14-5-3-4-6-15(14)21-2/h3-6,11-13H,7-10H2,1-2H3,(H2,17,18,20).